The van der Waals surface area contributed by atoms with E-state index >= 15 is 0 Å². The van der Waals surface area contributed by atoms with Crippen LogP contribution in [0.25, 0.3) is 0 Å². The van der Waals surface area contributed by atoms with Crippen LogP contribution in [0.2, 0.25) is 0 Å². The molecule has 0 saturated carbocycles. The molecule has 8 heteroatoms. The molecule has 0 fully saturated rings. The van der Waals surface area contributed by atoms with E-state index in [0.717, 1.165) is 5.76 Å². The summed E-state index contributed by atoms with van der Waals surface area (Å²) >= 11 is 3.26. The van der Waals surface area contributed by atoms with Crippen molar-refractivity contribution in [1.82, 2.24) is 15.5 Å². The number of rotatable bonds is 6. The topological polar surface area (TPSA) is 83.8 Å². The van der Waals surface area contributed by atoms with Crippen molar-refractivity contribution in [1.29, 1.82) is 0 Å². The number of nitrogens with zero attached hydrogens (tertiary/aromatic N) is 1. The molecule has 1 unspecified atom stereocenters. The second-order valence-corrected chi connectivity index (χ2v) is 6.09. The predicted molar refractivity (Wildman–Crippen MR) is 87.5 cm³/mol. The van der Waals surface area contributed by atoms with Gasteiger partial charge in [0.05, 0.1) is 24.8 Å². The summed E-state index contributed by atoms with van der Waals surface area (Å²) in [6.07, 6.45) is 0. The van der Waals surface area contributed by atoms with Gasteiger partial charge < -0.3 is 19.8 Å². The lowest BCUT2D eigenvalue weighted by Gasteiger charge is -2.28. The molecule has 7 nitrogen and oxygen atoms in total. The van der Waals surface area contributed by atoms with Gasteiger partial charge in [-0.2, -0.15) is 0 Å². The number of hydrogen-bond donors (Lipinski definition) is 2. The van der Waals surface area contributed by atoms with Crippen LogP contribution in [0.5, 0.6) is 0 Å². The van der Waals surface area contributed by atoms with E-state index in [1.807, 2.05) is 24.1 Å². The van der Waals surface area contributed by atoms with Gasteiger partial charge in [0.15, 0.2) is 4.67 Å². The fourth-order valence-corrected chi connectivity index (χ4v) is 2.77. The van der Waals surface area contributed by atoms with Crippen molar-refractivity contribution in [2.45, 2.75) is 26.4 Å². The van der Waals surface area contributed by atoms with E-state index in [-0.39, 0.29) is 12.6 Å². The third kappa shape index (κ3) is 4.59. The van der Waals surface area contributed by atoms with Crippen molar-refractivity contribution in [3.05, 3.63) is 33.8 Å². The number of halogens is 1. The van der Waals surface area contributed by atoms with Crippen molar-refractivity contribution < 1.29 is 18.7 Å². The number of carbonyl (C=O) groups excluding carboxylic acids is 2. The van der Waals surface area contributed by atoms with Crippen LogP contribution in [0.1, 0.15) is 19.6 Å². The average molecular weight is 386 g/mol. The fraction of sp³-hybridized carbons (Fsp3) is 0.467. The summed E-state index contributed by atoms with van der Waals surface area (Å²) in [7, 11) is 1.88. The molecule has 0 aromatic carbocycles. The van der Waals surface area contributed by atoms with Gasteiger partial charge in [-0.25, -0.2) is 9.59 Å². The van der Waals surface area contributed by atoms with Crippen LogP contribution >= 0.6 is 15.9 Å². The Bertz CT molecular complexity index is 626. The molecular formula is C15H20BrN3O4. The SMILES string of the molecule is CCOC(=O)C1=C(CN(C)Cc2ccc(Br)o2)NC(=O)NC1C. The standard InChI is InChI=1S/C15H20BrN3O4/c1-4-22-14(20)13-9(2)17-15(21)18-11(13)8-19(3)7-10-5-6-12(16)23-10/h5-6,9H,4,7-8H2,1-3H3,(H2,17,18,21). The van der Waals surface area contributed by atoms with E-state index in [9.17, 15) is 9.59 Å². The summed E-state index contributed by atoms with van der Waals surface area (Å²) in [6, 6.07) is 2.96. The second kappa shape index (κ2) is 7.65. The number of esters is 1. The van der Waals surface area contributed by atoms with Crippen LogP contribution in [0, 0.1) is 0 Å². The van der Waals surface area contributed by atoms with Crippen molar-refractivity contribution >= 4 is 27.9 Å². The van der Waals surface area contributed by atoms with E-state index in [0.29, 0.717) is 29.0 Å². The zero-order valence-corrected chi connectivity index (χ0v) is 14.9. The summed E-state index contributed by atoms with van der Waals surface area (Å²) < 4.78 is 11.2. The Kier molecular flexibility index (Phi) is 5.84. The van der Waals surface area contributed by atoms with Crippen LogP contribution in [-0.4, -0.2) is 43.1 Å². The Balaban J connectivity index is 2.15. The summed E-state index contributed by atoms with van der Waals surface area (Å²) in [5, 5.41) is 5.38. The van der Waals surface area contributed by atoms with Crippen LogP contribution in [-0.2, 0) is 16.1 Å². The average Bonchev–Trinajstić information content (AvgIpc) is 2.83. The normalized spacial score (nSPS) is 18.0. The van der Waals surface area contributed by atoms with Crippen molar-refractivity contribution in [2.75, 3.05) is 20.2 Å². The Morgan fingerprint density at radius 3 is 2.78 bits per heavy atom. The molecule has 0 radical (unpaired) electrons. The van der Waals surface area contributed by atoms with Gasteiger partial charge in [0.25, 0.3) is 0 Å². The van der Waals surface area contributed by atoms with E-state index in [1.54, 1.807) is 13.8 Å². The third-order valence-electron chi connectivity index (χ3n) is 3.35. The molecule has 2 heterocycles. The molecule has 1 aliphatic rings. The minimum absolute atomic E-state index is 0.284. The molecule has 2 N–H and O–H groups in total. The number of carbonyl (C=O) groups is 2. The number of likely N-dealkylation sites (N-methyl/N-ethyl adjacent to an activating group) is 1. The molecule has 1 atom stereocenters. The van der Waals surface area contributed by atoms with E-state index < -0.39 is 12.0 Å². The minimum Gasteiger partial charge on any atom is -0.463 e. The highest BCUT2D eigenvalue weighted by Gasteiger charge is 2.30. The number of furan rings is 1. The van der Waals surface area contributed by atoms with Gasteiger partial charge in [-0.3, -0.25) is 4.90 Å². The first-order chi connectivity index (χ1) is 10.9. The van der Waals surface area contributed by atoms with Crippen LogP contribution in [0.15, 0.2) is 32.5 Å². The lowest BCUT2D eigenvalue weighted by molar-refractivity contribution is -0.139. The first kappa shape index (κ1) is 17.6. The maximum Gasteiger partial charge on any atom is 0.337 e. The smallest absolute Gasteiger partial charge is 0.337 e. The number of urea groups is 1. The predicted octanol–water partition coefficient (Wildman–Crippen LogP) is 1.99. The molecule has 1 aromatic rings. The van der Waals surface area contributed by atoms with Gasteiger partial charge in [0.2, 0.25) is 0 Å². The molecule has 0 aliphatic carbocycles. The number of nitrogens with one attached hydrogen (secondary N) is 2. The Morgan fingerprint density at radius 2 is 2.17 bits per heavy atom. The summed E-state index contributed by atoms with van der Waals surface area (Å²) in [4.78, 5) is 25.8. The van der Waals surface area contributed by atoms with Gasteiger partial charge in [0.1, 0.15) is 5.76 Å². The van der Waals surface area contributed by atoms with E-state index in [4.69, 9.17) is 9.15 Å². The Labute approximate surface area is 143 Å². The molecule has 2 amide bonds. The monoisotopic (exact) mass is 385 g/mol. The zero-order valence-electron chi connectivity index (χ0n) is 13.3. The highest BCUT2D eigenvalue weighted by molar-refractivity contribution is 9.10. The molecular weight excluding hydrogens is 366 g/mol. The first-order valence-corrected chi connectivity index (χ1v) is 8.10. The van der Waals surface area contributed by atoms with E-state index in [1.165, 1.54) is 0 Å². The highest BCUT2D eigenvalue weighted by Crippen LogP contribution is 2.18. The van der Waals surface area contributed by atoms with Gasteiger partial charge >= 0.3 is 12.0 Å². The summed E-state index contributed by atoms with van der Waals surface area (Å²) in [5.74, 6) is 0.364. The molecule has 0 spiro atoms. The molecule has 23 heavy (non-hydrogen) atoms. The van der Waals surface area contributed by atoms with Gasteiger partial charge in [-0.1, -0.05) is 0 Å². The van der Waals surface area contributed by atoms with Gasteiger partial charge in [-0.15, -0.1) is 0 Å². The largest absolute Gasteiger partial charge is 0.463 e. The molecule has 126 valence electrons. The lowest BCUT2D eigenvalue weighted by Crippen LogP contribution is -2.51. The minimum atomic E-state index is -0.420. The molecule has 0 saturated heterocycles. The van der Waals surface area contributed by atoms with Gasteiger partial charge in [-0.05, 0) is 49.0 Å². The Hall–Kier alpha value is -1.80. The number of amides is 2. The first-order valence-electron chi connectivity index (χ1n) is 7.31. The van der Waals surface area contributed by atoms with Crippen LogP contribution in [0.3, 0.4) is 0 Å². The Morgan fingerprint density at radius 1 is 1.43 bits per heavy atom. The molecule has 1 aromatic heterocycles. The summed E-state index contributed by atoms with van der Waals surface area (Å²) in [5.41, 5.74) is 0.992. The zero-order chi connectivity index (χ0) is 17.0. The molecule has 2 rings (SSSR count). The van der Waals surface area contributed by atoms with Crippen molar-refractivity contribution in [3.63, 3.8) is 0 Å². The quantitative estimate of drug-likeness (QED) is 0.731. The second-order valence-electron chi connectivity index (χ2n) is 5.31. The highest BCUT2D eigenvalue weighted by atomic mass is 79.9. The summed E-state index contributed by atoms with van der Waals surface area (Å²) in [6.45, 7) is 4.73. The van der Waals surface area contributed by atoms with Crippen molar-refractivity contribution in [2.24, 2.45) is 0 Å². The van der Waals surface area contributed by atoms with Crippen LogP contribution < -0.4 is 10.6 Å². The number of ether oxygens (including phenoxy) is 1. The maximum atomic E-state index is 12.2. The third-order valence-corrected chi connectivity index (χ3v) is 3.77. The fourth-order valence-electron chi connectivity index (χ4n) is 2.43. The maximum absolute atomic E-state index is 12.2. The molecule has 0 bridgehead atoms. The molecule has 1 aliphatic heterocycles. The lowest BCUT2D eigenvalue weighted by atomic mass is 10.0. The van der Waals surface area contributed by atoms with E-state index in [2.05, 4.69) is 26.6 Å². The van der Waals surface area contributed by atoms with Gasteiger partial charge in [0, 0.05) is 12.2 Å². The van der Waals surface area contributed by atoms with Crippen molar-refractivity contribution in [3.8, 4) is 0 Å². The van der Waals surface area contributed by atoms with Crippen LogP contribution in [0.4, 0.5) is 4.79 Å². The number of hydrogen-bond acceptors (Lipinski definition) is 5.